The van der Waals surface area contributed by atoms with E-state index >= 15 is 0 Å². The average molecular weight is 227 g/mol. The van der Waals surface area contributed by atoms with E-state index in [1.165, 1.54) is 4.68 Å². The highest BCUT2D eigenvalue weighted by atomic mass is 16.6. The quantitative estimate of drug-likeness (QED) is 0.740. The van der Waals surface area contributed by atoms with E-state index < -0.39 is 0 Å². The van der Waals surface area contributed by atoms with Gasteiger partial charge in [-0.05, 0) is 24.3 Å². The van der Waals surface area contributed by atoms with E-state index in [9.17, 15) is 0 Å². The fraction of sp³-hybridized carbons (Fsp3) is 0.889. The molecule has 0 bridgehead atoms. The Kier molecular flexibility index (Phi) is 3.06. The standard InChI is InChI=1S/C9H17N5O2/c1-9(2)6-10-4-7(16-9)5-15-8-11-12-13-14(8)3/h7,10H,4-6H2,1-3H3. The van der Waals surface area contributed by atoms with Crippen LogP contribution in [0.15, 0.2) is 0 Å². The lowest BCUT2D eigenvalue weighted by atomic mass is 10.1. The molecule has 0 saturated carbocycles. The van der Waals surface area contributed by atoms with Gasteiger partial charge >= 0.3 is 6.01 Å². The summed E-state index contributed by atoms with van der Waals surface area (Å²) in [7, 11) is 1.74. The lowest BCUT2D eigenvalue weighted by molar-refractivity contribution is -0.108. The van der Waals surface area contributed by atoms with Crippen LogP contribution in [0.3, 0.4) is 0 Å². The van der Waals surface area contributed by atoms with Crippen molar-refractivity contribution in [2.75, 3.05) is 19.7 Å². The summed E-state index contributed by atoms with van der Waals surface area (Å²) in [5, 5.41) is 14.2. The van der Waals surface area contributed by atoms with E-state index in [1.54, 1.807) is 7.05 Å². The number of hydrogen-bond donors (Lipinski definition) is 1. The molecule has 1 aromatic rings. The van der Waals surface area contributed by atoms with Gasteiger partial charge in [-0.25, -0.2) is 0 Å². The maximum Gasteiger partial charge on any atom is 0.335 e. The molecule has 1 aliphatic heterocycles. The Balaban J connectivity index is 1.84. The molecule has 0 spiro atoms. The predicted molar refractivity (Wildman–Crippen MR) is 56.1 cm³/mol. The monoisotopic (exact) mass is 227 g/mol. The zero-order chi connectivity index (χ0) is 11.6. The molecule has 0 amide bonds. The highest BCUT2D eigenvalue weighted by Gasteiger charge is 2.28. The van der Waals surface area contributed by atoms with Gasteiger partial charge in [-0.3, -0.25) is 0 Å². The normalized spacial score (nSPS) is 24.3. The molecule has 0 aliphatic carbocycles. The van der Waals surface area contributed by atoms with E-state index in [0.29, 0.717) is 12.6 Å². The van der Waals surface area contributed by atoms with Crippen molar-refractivity contribution >= 4 is 0 Å². The number of nitrogens with one attached hydrogen (secondary N) is 1. The van der Waals surface area contributed by atoms with Crippen LogP contribution < -0.4 is 10.1 Å². The average Bonchev–Trinajstić information content (AvgIpc) is 2.60. The predicted octanol–water partition coefficient (Wildman–Crippen LogP) is -0.644. The summed E-state index contributed by atoms with van der Waals surface area (Å²) in [5.74, 6) is 0. The van der Waals surface area contributed by atoms with E-state index in [0.717, 1.165) is 13.1 Å². The third-order valence-electron chi connectivity index (χ3n) is 2.39. The van der Waals surface area contributed by atoms with Crippen LogP contribution in [-0.2, 0) is 11.8 Å². The Morgan fingerprint density at radius 1 is 1.62 bits per heavy atom. The summed E-state index contributed by atoms with van der Waals surface area (Å²) in [5.41, 5.74) is -0.148. The number of hydrogen-bond acceptors (Lipinski definition) is 6. The SMILES string of the molecule is Cn1nnnc1OCC1CNCC(C)(C)O1. The van der Waals surface area contributed by atoms with Crippen LogP contribution >= 0.6 is 0 Å². The fourth-order valence-corrected chi connectivity index (χ4v) is 1.67. The van der Waals surface area contributed by atoms with Gasteiger partial charge in [0.1, 0.15) is 12.7 Å². The van der Waals surface area contributed by atoms with E-state index in [2.05, 4.69) is 34.7 Å². The molecule has 90 valence electrons. The van der Waals surface area contributed by atoms with Gasteiger partial charge in [-0.15, -0.1) is 0 Å². The highest BCUT2D eigenvalue weighted by molar-refractivity contribution is 4.87. The lowest BCUT2D eigenvalue weighted by Crippen LogP contribution is -2.52. The molecule has 0 aromatic carbocycles. The molecule has 1 saturated heterocycles. The first-order chi connectivity index (χ1) is 7.57. The molecular formula is C9H17N5O2. The summed E-state index contributed by atoms with van der Waals surface area (Å²) in [6.07, 6.45) is 0.0282. The number of rotatable bonds is 3. The van der Waals surface area contributed by atoms with Gasteiger partial charge in [0.2, 0.25) is 0 Å². The van der Waals surface area contributed by atoms with Crippen LogP contribution in [0.5, 0.6) is 6.01 Å². The molecule has 1 atom stereocenters. The molecule has 1 N–H and O–H groups in total. The van der Waals surface area contributed by atoms with Gasteiger partial charge in [0.15, 0.2) is 0 Å². The van der Waals surface area contributed by atoms with Gasteiger partial charge in [0.25, 0.3) is 0 Å². The largest absolute Gasteiger partial charge is 0.460 e. The summed E-state index contributed by atoms with van der Waals surface area (Å²) >= 11 is 0. The molecule has 2 rings (SSSR count). The van der Waals surface area contributed by atoms with Crippen molar-refractivity contribution in [1.29, 1.82) is 0 Å². The minimum atomic E-state index is -0.148. The number of nitrogens with zero attached hydrogens (tertiary/aromatic N) is 4. The van der Waals surface area contributed by atoms with Gasteiger partial charge in [0, 0.05) is 20.1 Å². The Bertz CT molecular complexity index is 351. The molecule has 16 heavy (non-hydrogen) atoms. The zero-order valence-electron chi connectivity index (χ0n) is 9.80. The molecule has 7 heteroatoms. The van der Waals surface area contributed by atoms with Crippen molar-refractivity contribution in [3.05, 3.63) is 0 Å². The first-order valence-electron chi connectivity index (χ1n) is 5.30. The maximum absolute atomic E-state index is 5.85. The smallest absolute Gasteiger partial charge is 0.335 e. The molecular weight excluding hydrogens is 210 g/mol. The van der Waals surface area contributed by atoms with Crippen molar-refractivity contribution in [3.8, 4) is 6.01 Å². The van der Waals surface area contributed by atoms with Crippen LogP contribution in [0.4, 0.5) is 0 Å². The molecule has 1 fully saturated rings. The topological polar surface area (TPSA) is 74.1 Å². The van der Waals surface area contributed by atoms with Crippen molar-refractivity contribution < 1.29 is 9.47 Å². The Labute approximate surface area is 94.1 Å². The third-order valence-corrected chi connectivity index (χ3v) is 2.39. The van der Waals surface area contributed by atoms with E-state index in [-0.39, 0.29) is 11.7 Å². The van der Waals surface area contributed by atoms with Crippen LogP contribution in [0, 0.1) is 0 Å². The van der Waals surface area contributed by atoms with E-state index in [1.807, 2.05) is 0 Å². The molecule has 2 heterocycles. The third kappa shape index (κ3) is 2.67. The Morgan fingerprint density at radius 2 is 2.44 bits per heavy atom. The lowest BCUT2D eigenvalue weighted by Gasteiger charge is -2.36. The van der Waals surface area contributed by atoms with Crippen molar-refractivity contribution in [2.45, 2.75) is 25.6 Å². The van der Waals surface area contributed by atoms with Gasteiger partial charge in [-0.2, -0.15) is 4.68 Å². The summed E-state index contributed by atoms with van der Waals surface area (Å²) in [4.78, 5) is 0. The van der Waals surface area contributed by atoms with Crippen molar-refractivity contribution in [3.63, 3.8) is 0 Å². The fourth-order valence-electron chi connectivity index (χ4n) is 1.67. The Morgan fingerprint density at radius 3 is 3.06 bits per heavy atom. The van der Waals surface area contributed by atoms with Gasteiger partial charge in [-0.1, -0.05) is 5.10 Å². The molecule has 7 nitrogen and oxygen atoms in total. The second kappa shape index (κ2) is 4.34. The summed E-state index contributed by atoms with van der Waals surface area (Å²) < 4.78 is 12.8. The maximum atomic E-state index is 5.85. The minimum Gasteiger partial charge on any atom is -0.460 e. The highest BCUT2D eigenvalue weighted by Crippen LogP contribution is 2.15. The summed E-state index contributed by atoms with van der Waals surface area (Å²) in [6, 6.07) is 0.409. The van der Waals surface area contributed by atoms with Crippen LogP contribution in [0.1, 0.15) is 13.8 Å². The van der Waals surface area contributed by atoms with Crippen molar-refractivity contribution in [1.82, 2.24) is 25.5 Å². The number of tetrazole rings is 1. The zero-order valence-corrected chi connectivity index (χ0v) is 9.80. The van der Waals surface area contributed by atoms with Crippen molar-refractivity contribution in [2.24, 2.45) is 7.05 Å². The Hall–Kier alpha value is -1.21. The molecule has 1 unspecified atom stereocenters. The number of aromatic nitrogens is 4. The number of aryl methyl sites for hydroxylation is 1. The van der Waals surface area contributed by atoms with Gasteiger partial charge < -0.3 is 14.8 Å². The van der Waals surface area contributed by atoms with Gasteiger partial charge in [0.05, 0.1) is 5.60 Å². The first-order valence-corrected chi connectivity index (χ1v) is 5.30. The molecule has 0 radical (unpaired) electrons. The first kappa shape index (κ1) is 11.3. The second-order valence-electron chi connectivity index (χ2n) is 4.53. The molecule has 1 aromatic heterocycles. The minimum absolute atomic E-state index is 0.0282. The number of ether oxygens (including phenoxy) is 2. The van der Waals surface area contributed by atoms with Crippen LogP contribution in [0.2, 0.25) is 0 Å². The second-order valence-corrected chi connectivity index (χ2v) is 4.53. The number of morpholine rings is 1. The van der Waals surface area contributed by atoms with E-state index in [4.69, 9.17) is 9.47 Å². The van der Waals surface area contributed by atoms with Crippen LogP contribution in [0.25, 0.3) is 0 Å². The van der Waals surface area contributed by atoms with Crippen LogP contribution in [-0.4, -0.2) is 51.6 Å². The summed E-state index contributed by atoms with van der Waals surface area (Å²) in [6.45, 7) is 6.19. The molecule has 1 aliphatic rings.